The van der Waals surface area contributed by atoms with E-state index in [9.17, 15) is 10.1 Å². The van der Waals surface area contributed by atoms with Gasteiger partial charge in [-0.2, -0.15) is 15.2 Å². The number of hydrogen-bond acceptors (Lipinski definition) is 10. The lowest BCUT2D eigenvalue weighted by molar-refractivity contribution is -0.141. The van der Waals surface area contributed by atoms with Crippen molar-refractivity contribution >= 4 is 11.9 Å². The van der Waals surface area contributed by atoms with Gasteiger partial charge in [-0.1, -0.05) is 60.7 Å². The Balaban J connectivity index is 1.40. The van der Waals surface area contributed by atoms with E-state index in [-0.39, 0.29) is 37.6 Å². The molecule has 0 radical (unpaired) electrons. The zero-order valence-corrected chi connectivity index (χ0v) is 23.7. The van der Waals surface area contributed by atoms with Gasteiger partial charge in [0.05, 0.1) is 25.1 Å². The van der Waals surface area contributed by atoms with Crippen LogP contribution in [0.1, 0.15) is 27.9 Å². The Hall–Kier alpha value is -5.76. The average molecular weight is 576 g/mol. The SMILES string of the molecule is COC(=O)[C@H](Cc1cnc[nH]1)Nc1nc(OCc2cccc(C#N)c2)nc(OCc2cccc(-c3ccccc3)c2C)n1. The highest BCUT2D eigenvalue weighted by molar-refractivity contribution is 5.78. The number of rotatable bonds is 12. The van der Waals surface area contributed by atoms with Crippen molar-refractivity contribution in [2.24, 2.45) is 0 Å². The normalized spacial score (nSPS) is 11.3. The van der Waals surface area contributed by atoms with Crippen molar-refractivity contribution in [1.82, 2.24) is 24.9 Å². The second kappa shape index (κ2) is 13.7. The number of nitriles is 1. The third-order valence-corrected chi connectivity index (χ3v) is 6.67. The summed E-state index contributed by atoms with van der Waals surface area (Å²) in [5.41, 5.74) is 6.22. The summed E-state index contributed by atoms with van der Waals surface area (Å²) in [5.74, 6) is -0.447. The third-order valence-electron chi connectivity index (χ3n) is 6.67. The Labute approximate surface area is 248 Å². The first-order chi connectivity index (χ1) is 21.0. The molecule has 0 spiro atoms. The minimum Gasteiger partial charge on any atom is -0.467 e. The number of H-pyrrole nitrogens is 1. The van der Waals surface area contributed by atoms with E-state index in [4.69, 9.17) is 14.2 Å². The van der Waals surface area contributed by atoms with Gasteiger partial charge in [0, 0.05) is 18.3 Å². The van der Waals surface area contributed by atoms with Gasteiger partial charge in [-0.15, -0.1) is 4.98 Å². The zero-order chi connectivity index (χ0) is 30.0. The number of aromatic nitrogens is 5. The second-order valence-electron chi connectivity index (χ2n) is 9.57. The van der Waals surface area contributed by atoms with Crippen LogP contribution in [-0.4, -0.2) is 44.0 Å². The Bertz CT molecular complexity index is 1720. The molecule has 0 saturated carbocycles. The van der Waals surface area contributed by atoms with E-state index in [0.29, 0.717) is 5.56 Å². The molecule has 2 aromatic heterocycles. The fourth-order valence-electron chi connectivity index (χ4n) is 4.43. The zero-order valence-electron chi connectivity index (χ0n) is 23.7. The molecule has 11 heteroatoms. The summed E-state index contributed by atoms with van der Waals surface area (Å²) in [4.78, 5) is 32.7. The van der Waals surface area contributed by atoms with Crippen molar-refractivity contribution in [1.29, 1.82) is 5.26 Å². The number of esters is 1. The smallest absolute Gasteiger partial charge is 0.328 e. The van der Waals surface area contributed by atoms with Gasteiger partial charge in [0.2, 0.25) is 5.95 Å². The number of methoxy groups -OCH3 is 1. The quantitative estimate of drug-likeness (QED) is 0.199. The standard InChI is InChI=1S/C32H29N7O4/c1-21-25(12-7-13-27(21)24-10-4-3-5-11-24)19-43-32-38-30(36-28(29(40)41-2)15-26-17-34-20-35-26)37-31(39-32)42-18-23-9-6-8-22(14-23)16-33/h3-14,17,20,28H,15,18-19H2,1-2H3,(H,34,35)(H,36,37,38,39)/t28-/m0/s1. The number of anilines is 1. The molecule has 216 valence electrons. The number of imidazole rings is 1. The fourth-order valence-corrected chi connectivity index (χ4v) is 4.43. The molecule has 0 aliphatic carbocycles. The largest absolute Gasteiger partial charge is 0.467 e. The maximum absolute atomic E-state index is 12.6. The van der Waals surface area contributed by atoms with Crippen LogP contribution in [0.3, 0.4) is 0 Å². The summed E-state index contributed by atoms with van der Waals surface area (Å²) in [7, 11) is 1.31. The van der Waals surface area contributed by atoms with Crippen molar-refractivity contribution in [2.75, 3.05) is 12.4 Å². The lowest BCUT2D eigenvalue weighted by Gasteiger charge is -2.17. The monoisotopic (exact) mass is 575 g/mol. The molecule has 0 aliphatic rings. The topological polar surface area (TPSA) is 148 Å². The highest BCUT2D eigenvalue weighted by Crippen LogP contribution is 2.26. The number of nitrogens with one attached hydrogen (secondary N) is 2. The van der Waals surface area contributed by atoms with Gasteiger partial charge in [0.25, 0.3) is 0 Å². The minimum absolute atomic E-state index is 0.00736. The first-order valence-corrected chi connectivity index (χ1v) is 13.5. The molecule has 0 aliphatic heterocycles. The van der Waals surface area contributed by atoms with E-state index in [1.165, 1.54) is 13.4 Å². The Morgan fingerprint density at radius 2 is 1.74 bits per heavy atom. The van der Waals surface area contributed by atoms with Crippen LogP contribution in [0.2, 0.25) is 0 Å². The number of nitrogens with zero attached hydrogens (tertiary/aromatic N) is 5. The van der Waals surface area contributed by atoms with Crippen molar-refractivity contribution in [2.45, 2.75) is 32.6 Å². The number of carbonyl (C=O) groups excluding carboxylic acids is 1. The van der Waals surface area contributed by atoms with Crippen molar-refractivity contribution in [3.63, 3.8) is 0 Å². The third kappa shape index (κ3) is 7.51. The summed E-state index contributed by atoms with van der Waals surface area (Å²) >= 11 is 0. The van der Waals surface area contributed by atoms with E-state index < -0.39 is 12.0 Å². The Morgan fingerprint density at radius 1 is 0.977 bits per heavy atom. The first-order valence-electron chi connectivity index (χ1n) is 13.5. The average Bonchev–Trinajstić information content (AvgIpc) is 3.56. The molecule has 5 aromatic rings. The molecule has 0 amide bonds. The summed E-state index contributed by atoms with van der Waals surface area (Å²) in [6.45, 7) is 2.33. The molecule has 1 atom stereocenters. The van der Waals surface area contributed by atoms with Crippen LogP contribution < -0.4 is 14.8 Å². The molecule has 0 bridgehead atoms. The molecule has 0 fully saturated rings. The molecule has 2 N–H and O–H groups in total. The predicted octanol–water partition coefficient (Wildman–Crippen LogP) is 4.80. The number of hydrogen-bond donors (Lipinski definition) is 2. The molecular formula is C32H29N7O4. The Morgan fingerprint density at radius 3 is 2.47 bits per heavy atom. The number of carbonyl (C=O) groups is 1. The lowest BCUT2D eigenvalue weighted by Crippen LogP contribution is -2.33. The van der Waals surface area contributed by atoms with E-state index in [1.807, 2.05) is 43.3 Å². The molecule has 5 rings (SSSR count). The van der Waals surface area contributed by atoms with Crippen LogP contribution in [0, 0.1) is 18.3 Å². The van der Waals surface area contributed by atoms with Crippen LogP contribution >= 0.6 is 0 Å². The van der Waals surface area contributed by atoms with Crippen LogP contribution in [0.4, 0.5) is 5.95 Å². The molecule has 43 heavy (non-hydrogen) atoms. The highest BCUT2D eigenvalue weighted by atomic mass is 16.5. The van der Waals surface area contributed by atoms with Crippen molar-refractivity contribution in [3.05, 3.63) is 113 Å². The van der Waals surface area contributed by atoms with E-state index in [1.54, 1.807) is 24.4 Å². The molecule has 3 aromatic carbocycles. The first kappa shape index (κ1) is 28.8. The number of benzene rings is 3. The lowest BCUT2D eigenvalue weighted by atomic mass is 9.97. The van der Waals surface area contributed by atoms with Crippen LogP contribution in [0.25, 0.3) is 11.1 Å². The molecular weight excluding hydrogens is 546 g/mol. The number of aromatic amines is 1. The fraction of sp³-hybridized carbons (Fsp3) is 0.188. The second-order valence-corrected chi connectivity index (χ2v) is 9.57. The van der Waals surface area contributed by atoms with Gasteiger partial charge in [0.15, 0.2) is 0 Å². The van der Waals surface area contributed by atoms with Crippen LogP contribution in [0.5, 0.6) is 12.0 Å². The summed E-state index contributed by atoms with van der Waals surface area (Å²) in [5, 5.41) is 12.2. The van der Waals surface area contributed by atoms with Gasteiger partial charge in [-0.05, 0) is 46.9 Å². The molecule has 0 unspecified atom stereocenters. The van der Waals surface area contributed by atoms with Gasteiger partial charge in [0.1, 0.15) is 19.3 Å². The van der Waals surface area contributed by atoms with Gasteiger partial charge in [-0.3, -0.25) is 0 Å². The molecule has 2 heterocycles. The Kier molecular flexibility index (Phi) is 9.19. The summed E-state index contributed by atoms with van der Waals surface area (Å²) in [6, 6.07) is 24.5. The highest BCUT2D eigenvalue weighted by Gasteiger charge is 2.23. The van der Waals surface area contributed by atoms with E-state index in [0.717, 1.165) is 33.5 Å². The maximum Gasteiger partial charge on any atom is 0.328 e. The van der Waals surface area contributed by atoms with E-state index >= 15 is 0 Å². The van der Waals surface area contributed by atoms with Gasteiger partial charge in [-0.25, -0.2) is 9.78 Å². The number of ether oxygens (including phenoxy) is 3. The van der Waals surface area contributed by atoms with Crippen molar-refractivity contribution in [3.8, 4) is 29.2 Å². The van der Waals surface area contributed by atoms with Crippen molar-refractivity contribution < 1.29 is 19.0 Å². The van der Waals surface area contributed by atoms with E-state index in [2.05, 4.69) is 54.5 Å². The summed E-state index contributed by atoms with van der Waals surface area (Å²) < 4.78 is 16.9. The van der Waals surface area contributed by atoms with Gasteiger partial charge >= 0.3 is 18.0 Å². The molecule has 0 saturated heterocycles. The summed E-state index contributed by atoms with van der Waals surface area (Å²) in [6.07, 6.45) is 3.40. The van der Waals surface area contributed by atoms with Crippen LogP contribution in [0.15, 0.2) is 85.3 Å². The van der Waals surface area contributed by atoms with Crippen LogP contribution in [-0.2, 0) is 29.2 Å². The maximum atomic E-state index is 12.6. The predicted molar refractivity (Wildman–Crippen MR) is 158 cm³/mol. The van der Waals surface area contributed by atoms with Gasteiger partial charge < -0.3 is 24.5 Å². The minimum atomic E-state index is -0.828. The molecule has 11 nitrogen and oxygen atoms in total.